The van der Waals surface area contributed by atoms with Crippen LogP contribution in [0.4, 0.5) is 0 Å². The Labute approximate surface area is 207 Å². The molecular formula is C30H35NO4. The van der Waals surface area contributed by atoms with Crippen molar-refractivity contribution in [2.45, 2.75) is 57.1 Å². The van der Waals surface area contributed by atoms with Crippen LogP contribution >= 0.6 is 0 Å². The summed E-state index contributed by atoms with van der Waals surface area (Å²) >= 11 is 0. The lowest BCUT2D eigenvalue weighted by Crippen LogP contribution is -2.40. The van der Waals surface area contributed by atoms with Gasteiger partial charge >= 0.3 is 0 Å². The molecule has 1 fully saturated rings. The molecule has 2 aliphatic heterocycles. The standard InChI is InChI=1S/C30H35NO4/c1-20(31-16-4-3-5-17-31)19-34-26-13-8-23(9-14-26)30-29(22-6-10-24(32)11-7-22)21(2)27-18-25(33)12-15-28(27)35-30/h6-15,18,20-21,29-30,32-33H,3-5,16-17,19H2,1-2H3/t20-,21+,29+,30-/m0/s1. The van der Waals surface area contributed by atoms with Gasteiger partial charge in [0.2, 0.25) is 0 Å². The Morgan fingerprint density at radius 1 is 0.886 bits per heavy atom. The number of ether oxygens (including phenoxy) is 2. The lowest BCUT2D eigenvalue weighted by Gasteiger charge is -2.39. The largest absolute Gasteiger partial charge is 0.508 e. The summed E-state index contributed by atoms with van der Waals surface area (Å²) in [6.07, 6.45) is 3.70. The molecule has 5 rings (SSSR count). The van der Waals surface area contributed by atoms with Crippen molar-refractivity contribution in [1.82, 2.24) is 4.90 Å². The smallest absolute Gasteiger partial charge is 0.131 e. The van der Waals surface area contributed by atoms with Gasteiger partial charge in [-0.3, -0.25) is 4.90 Å². The predicted molar refractivity (Wildman–Crippen MR) is 138 cm³/mol. The highest BCUT2D eigenvalue weighted by Crippen LogP contribution is 2.51. The van der Waals surface area contributed by atoms with Crippen LogP contribution in [0.3, 0.4) is 0 Å². The zero-order valence-electron chi connectivity index (χ0n) is 20.6. The van der Waals surface area contributed by atoms with Crippen LogP contribution in [0.25, 0.3) is 0 Å². The lowest BCUT2D eigenvalue weighted by atomic mass is 9.75. The van der Waals surface area contributed by atoms with E-state index in [2.05, 4.69) is 30.9 Å². The van der Waals surface area contributed by atoms with Crippen LogP contribution < -0.4 is 9.47 Å². The Hall–Kier alpha value is -3.18. The fourth-order valence-corrected chi connectivity index (χ4v) is 5.54. The van der Waals surface area contributed by atoms with Crippen molar-refractivity contribution < 1.29 is 19.7 Å². The first-order valence-electron chi connectivity index (χ1n) is 12.7. The fourth-order valence-electron chi connectivity index (χ4n) is 5.54. The minimum Gasteiger partial charge on any atom is -0.508 e. The quantitative estimate of drug-likeness (QED) is 0.435. The van der Waals surface area contributed by atoms with E-state index >= 15 is 0 Å². The molecule has 0 spiro atoms. The van der Waals surface area contributed by atoms with Crippen LogP contribution in [0.5, 0.6) is 23.0 Å². The molecule has 0 saturated carbocycles. The number of aromatic hydroxyl groups is 2. The van der Waals surface area contributed by atoms with E-state index in [4.69, 9.17) is 9.47 Å². The number of hydrogen-bond donors (Lipinski definition) is 2. The summed E-state index contributed by atoms with van der Waals surface area (Å²) in [4.78, 5) is 2.52. The minimum atomic E-state index is -0.201. The van der Waals surface area contributed by atoms with Gasteiger partial charge in [0.25, 0.3) is 0 Å². The van der Waals surface area contributed by atoms with Gasteiger partial charge in [-0.05, 0) is 92.4 Å². The fraction of sp³-hybridized carbons (Fsp3) is 0.400. The Balaban J connectivity index is 1.37. The molecule has 2 aliphatic rings. The maximum atomic E-state index is 10.1. The predicted octanol–water partition coefficient (Wildman–Crippen LogP) is 6.37. The number of rotatable bonds is 6. The molecule has 2 heterocycles. The molecule has 0 radical (unpaired) electrons. The van der Waals surface area contributed by atoms with Crippen LogP contribution in [0.1, 0.15) is 67.7 Å². The first-order chi connectivity index (χ1) is 17.0. The monoisotopic (exact) mass is 473 g/mol. The molecule has 35 heavy (non-hydrogen) atoms. The molecule has 184 valence electrons. The van der Waals surface area contributed by atoms with Crippen molar-refractivity contribution in [2.24, 2.45) is 0 Å². The average molecular weight is 474 g/mol. The van der Waals surface area contributed by atoms with Crippen LogP contribution in [0.15, 0.2) is 66.7 Å². The van der Waals surface area contributed by atoms with Crippen LogP contribution in [-0.2, 0) is 0 Å². The third-order valence-electron chi connectivity index (χ3n) is 7.59. The molecule has 0 unspecified atom stereocenters. The van der Waals surface area contributed by atoms with Gasteiger partial charge in [-0.25, -0.2) is 0 Å². The zero-order chi connectivity index (χ0) is 24.4. The summed E-state index contributed by atoms with van der Waals surface area (Å²) < 4.78 is 12.7. The van der Waals surface area contributed by atoms with E-state index in [1.165, 1.54) is 32.4 Å². The van der Waals surface area contributed by atoms with Crippen molar-refractivity contribution >= 4 is 0 Å². The Kier molecular flexibility index (Phi) is 6.87. The third kappa shape index (κ3) is 5.10. The van der Waals surface area contributed by atoms with E-state index in [1.807, 2.05) is 30.3 Å². The molecule has 4 atom stereocenters. The van der Waals surface area contributed by atoms with E-state index in [-0.39, 0.29) is 29.4 Å². The van der Waals surface area contributed by atoms with E-state index in [0.717, 1.165) is 28.2 Å². The first kappa shape index (κ1) is 23.6. The molecule has 3 aromatic rings. The number of fused-ring (bicyclic) bond motifs is 1. The normalized spacial score (nSPS) is 23.2. The molecule has 5 nitrogen and oxygen atoms in total. The summed E-state index contributed by atoms with van der Waals surface area (Å²) in [5.41, 5.74) is 3.15. The van der Waals surface area contributed by atoms with E-state index in [1.54, 1.807) is 24.3 Å². The van der Waals surface area contributed by atoms with Crippen LogP contribution in [0.2, 0.25) is 0 Å². The second-order valence-electron chi connectivity index (χ2n) is 9.99. The number of phenols is 2. The van der Waals surface area contributed by atoms with Gasteiger partial charge in [0.05, 0.1) is 0 Å². The Morgan fingerprint density at radius 3 is 2.26 bits per heavy atom. The van der Waals surface area contributed by atoms with Gasteiger partial charge in [-0.2, -0.15) is 0 Å². The molecule has 5 heteroatoms. The summed E-state index contributed by atoms with van der Waals surface area (Å²) in [7, 11) is 0. The Bertz CT molecular complexity index is 1120. The molecule has 2 N–H and O–H groups in total. The van der Waals surface area contributed by atoms with E-state index in [0.29, 0.717) is 12.6 Å². The zero-order valence-corrected chi connectivity index (χ0v) is 20.6. The first-order valence-corrected chi connectivity index (χ1v) is 12.7. The number of phenolic OH excluding ortho intramolecular Hbond substituents is 2. The molecule has 0 aliphatic carbocycles. The third-order valence-corrected chi connectivity index (χ3v) is 7.59. The van der Waals surface area contributed by atoms with Gasteiger partial charge in [0, 0.05) is 17.5 Å². The summed E-state index contributed by atoms with van der Waals surface area (Å²) in [6, 6.07) is 21.3. The van der Waals surface area contributed by atoms with Crippen LogP contribution in [0, 0.1) is 0 Å². The Morgan fingerprint density at radius 2 is 1.54 bits per heavy atom. The molecule has 0 amide bonds. The summed E-state index contributed by atoms with van der Waals surface area (Å²) in [6.45, 7) is 7.43. The summed E-state index contributed by atoms with van der Waals surface area (Å²) in [5, 5.41) is 19.9. The maximum Gasteiger partial charge on any atom is 0.131 e. The number of hydrogen-bond acceptors (Lipinski definition) is 5. The molecule has 1 saturated heterocycles. The van der Waals surface area contributed by atoms with E-state index in [9.17, 15) is 10.2 Å². The van der Waals surface area contributed by atoms with Gasteiger partial charge in [0.1, 0.15) is 35.7 Å². The second-order valence-corrected chi connectivity index (χ2v) is 9.99. The maximum absolute atomic E-state index is 10.1. The van der Waals surface area contributed by atoms with Crippen molar-refractivity contribution in [2.75, 3.05) is 19.7 Å². The molecule has 0 aromatic heterocycles. The number of benzene rings is 3. The van der Waals surface area contributed by atoms with Gasteiger partial charge in [0.15, 0.2) is 0 Å². The average Bonchev–Trinajstić information content (AvgIpc) is 2.89. The van der Waals surface area contributed by atoms with Gasteiger partial charge in [-0.15, -0.1) is 0 Å². The van der Waals surface area contributed by atoms with Crippen molar-refractivity contribution in [3.63, 3.8) is 0 Å². The van der Waals surface area contributed by atoms with Gasteiger partial charge < -0.3 is 19.7 Å². The number of likely N-dealkylation sites (tertiary alicyclic amines) is 1. The highest BCUT2D eigenvalue weighted by Gasteiger charge is 2.38. The number of nitrogens with zero attached hydrogens (tertiary/aromatic N) is 1. The molecule has 0 bridgehead atoms. The second kappa shape index (κ2) is 10.2. The number of piperidine rings is 1. The topological polar surface area (TPSA) is 62.2 Å². The minimum absolute atomic E-state index is 0.0239. The van der Waals surface area contributed by atoms with Crippen molar-refractivity contribution in [3.05, 3.63) is 83.4 Å². The molecule has 3 aromatic carbocycles. The SMILES string of the molecule is C[C@@H]1c2cc(O)ccc2O[C@@H](c2ccc(OC[C@H](C)N3CCCCC3)cc2)[C@H]1c1ccc(O)cc1. The van der Waals surface area contributed by atoms with Gasteiger partial charge in [-0.1, -0.05) is 37.6 Å². The highest BCUT2D eigenvalue weighted by molar-refractivity contribution is 5.48. The lowest BCUT2D eigenvalue weighted by molar-refractivity contribution is 0.124. The summed E-state index contributed by atoms with van der Waals surface area (Å²) in [5.74, 6) is 2.28. The van der Waals surface area contributed by atoms with Crippen LogP contribution in [-0.4, -0.2) is 40.9 Å². The van der Waals surface area contributed by atoms with Crippen molar-refractivity contribution in [1.29, 1.82) is 0 Å². The molecular weight excluding hydrogens is 438 g/mol. The highest BCUT2D eigenvalue weighted by atomic mass is 16.5. The van der Waals surface area contributed by atoms with Crippen molar-refractivity contribution in [3.8, 4) is 23.0 Å². The van der Waals surface area contributed by atoms with E-state index < -0.39 is 0 Å².